The Balaban J connectivity index is 1.47. The Hall–Kier alpha value is -1.77. The fourth-order valence-corrected chi connectivity index (χ4v) is 5.50. The molecule has 5 rings (SSSR count). The highest BCUT2D eigenvalue weighted by Gasteiger charge is 2.26. The topological polar surface area (TPSA) is 67.6 Å². The van der Waals surface area contributed by atoms with Crippen LogP contribution in [0.15, 0.2) is 6.33 Å². The van der Waals surface area contributed by atoms with Gasteiger partial charge in [-0.3, -0.25) is 4.90 Å². The Labute approximate surface area is 156 Å². The van der Waals surface area contributed by atoms with E-state index in [4.69, 9.17) is 9.72 Å². The van der Waals surface area contributed by atoms with E-state index in [1.54, 1.807) is 6.33 Å². The second kappa shape index (κ2) is 6.75. The van der Waals surface area contributed by atoms with E-state index >= 15 is 0 Å². The highest BCUT2D eigenvalue weighted by molar-refractivity contribution is 7.19. The van der Waals surface area contributed by atoms with Gasteiger partial charge in [0, 0.05) is 31.1 Å². The van der Waals surface area contributed by atoms with Gasteiger partial charge in [-0.25, -0.2) is 9.97 Å². The number of thiophene rings is 1. The molecule has 0 amide bonds. The lowest BCUT2D eigenvalue weighted by atomic mass is 9.87. The van der Waals surface area contributed by atoms with E-state index in [1.165, 1.54) is 35.1 Å². The van der Waals surface area contributed by atoms with Crippen LogP contribution >= 0.6 is 11.3 Å². The number of nitrogens with zero attached hydrogens (tertiary/aromatic N) is 5. The summed E-state index contributed by atoms with van der Waals surface area (Å²) in [5, 5.41) is 9.13. The van der Waals surface area contributed by atoms with Crippen LogP contribution in [0.25, 0.3) is 15.9 Å². The quantitative estimate of drug-likeness (QED) is 0.759. The van der Waals surface area contributed by atoms with Crippen LogP contribution in [0.4, 0.5) is 5.95 Å². The molecule has 7 nitrogen and oxygen atoms in total. The van der Waals surface area contributed by atoms with Crippen molar-refractivity contribution in [2.75, 3.05) is 44.7 Å². The first kappa shape index (κ1) is 16.4. The van der Waals surface area contributed by atoms with Gasteiger partial charge in [0.15, 0.2) is 5.65 Å². The van der Waals surface area contributed by atoms with Crippen LogP contribution in [0.2, 0.25) is 0 Å². The number of ether oxygens (including phenoxy) is 1. The number of anilines is 1. The van der Waals surface area contributed by atoms with Gasteiger partial charge in [-0.05, 0) is 30.7 Å². The number of hydrogen-bond acceptors (Lipinski definition) is 7. The maximum Gasteiger partial charge on any atom is 0.227 e. The zero-order chi connectivity index (χ0) is 17.5. The van der Waals surface area contributed by atoms with Crippen LogP contribution < -0.4 is 5.32 Å². The second-order valence-electron chi connectivity index (χ2n) is 7.22. The van der Waals surface area contributed by atoms with Crippen LogP contribution in [-0.4, -0.2) is 63.9 Å². The maximum atomic E-state index is 5.41. The lowest BCUT2D eigenvalue weighted by Crippen LogP contribution is -2.39. The Morgan fingerprint density at radius 1 is 1.35 bits per heavy atom. The summed E-state index contributed by atoms with van der Waals surface area (Å²) in [6.45, 7) is 7.81. The standard InChI is InChI=1S/C18H24N6OS/c1-12-3-2-4-13-14(12)15-16-20-11-21-24(16)18(22-17(15)26-13)19-5-6-23-7-9-25-10-8-23/h11-12H,2-10H2,1H3,(H,19,22). The summed E-state index contributed by atoms with van der Waals surface area (Å²) >= 11 is 1.84. The van der Waals surface area contributed by atoms with Crippen molar-refractivity contribution in [3.05, 3.63) is 16.8 Å². The summed E-state index contributed by atoms with van der Waals surface area (Å²) in [5.41, 5.74) is 2.40. The van der Waals surface area contributed by atoms with Crippen molar-refractivity contribution in [1.29, 1.82) is 0 Å². The molecule has 1 unspecified atom stereocenters. The molecule has 1 N–H and O–H groups in total. The summed E-state index contributed by atoms with van der Waals surface area (Å²) in [5.74, 6) is 1.37. The second-order valence-corrected chi connectivity index (χ2v) is 8.31. The van der Waals surface area contributed by atoms with Gasteiger partial charge in [0.25, 0.3) is 0 Å². The van der Waals surface area contributed by atoms with Gasteiger partial charge in [-0.1, -0.05) is 6.92 Å². The molecule has 1 atom stereocenters. The van der Waals surface area contributed by atoms with Crippen LogP contribution in [0, 0.1) is 0 Å². The van der Waals surface area contributed by atoms with Crippen molar-refractivity contribution in [3.63, 3.8) is 0 Å². The molecule has 0 radical (unpaired) electrons. The third-order valence-electron chi connectivity index (χ3n) is 5.53. The van der Waals surface area contributed by atoms with Crippen LogP contribution in [0.3, 0.4) is 0 Å². The lowest BCUT2D eigenvalue weighted by Gasteiger charge is -2.26. The number of hydrogen-bond donors (Lipinski definition) is 1. The molecule has 0 aromatic carbocycles. The van der Waals surface area contributed by atoms with Crippen molar-refractivity contribution in [3.8, 4) is 0 Å². The minimum atomic E-state index is 0.579. The molecule has 4 heterocycles. The third kappa shape index (κ3) is 2.76. The molecule has 0 bridgehead atoms. The SMILES string of the molecule is CC1CCCc2sc3nc(NCCN4CCOCC4)n4ncnc4c3c21. The van der Waals surface area contributed by atoms with E-state index in [-0.39, 0.29) is 0 Å². The largest absolute Gasteiger partial charge is 0.379 e. The molecule has 0 spiro atoms. The molecule has 1 aliphatic carbocycles. The highest BCUT2D eigenvalue weighted by atomic mass is 32.1. The minimum absolute atomic E-state index is 0.579. The van der Waals surface area contributed by atoms with Gasteiger partial charge in [-0.2, -0.15) is 9.61 Å². The van der Waals surface area contributed by atoms with E-state index in [9.17, 15) is 0 Å². The first-order valence-electron chi connectivity index (χ1n) is 9.50. The van der Waals surface area contributed by atoms with E-state index < -0.39 is 0 Å². The predicted octanol–water partition coefficient (Wildman–Crippen LogP) is 2.52. The van der Waals surface area contributed by atoms with Crippen molar-refractivity contribution in [2.24, 2.45) is 0 Å². The Kier molecular flexibility index (Phi) is 4.26. The molecule has 3 aromatic rings. The van der Waals surface area contributed by atoms with Crippen LogP contribution in [0.1, 0.15) is 36.1 Å². The first-order valence-corrected chi connectivity index (χ1v) is 10.3. The molecule has 0 saturated carbocycles. The molecule has 1 saturated heterocycles. The number of aryl methyl sites for hydroxylation is 1. The highest BCUT2D eigenvalue weighted by Crippen LogP contribution is 2.43. The maximum absolute atomic E-state index is 5.41. The molecule has 26 heavy (non-hydrogen) atoms. The van der Waals surface area contributed by atoms with Gasteiger partial charge < -0.3 is 10.1 Å². The van der Waals surface area contributed by atoms with Crippen molar-refractivity contribution in [2.45, 2.75) is 32.1 Å². The fraction of sp³-hybridized carbons (Fsp3) is 0.611. The molecular formula is C18H24N6OS. The molecule has 3 aromatic heterocycles. The van der Waals surface area contributed by atoms with E-state index in [0.717, 1.165) is 55.8 Å². The summed E-state index contributed by atoms with van der Waals surface area (Å²) in [6, 6.07) is 0. The lowest BCUT2D eigenvalue weighted by molar-refractivity contribution is 0.0398. The molecule has 1 aliphatic heterocycles. The van der Waals surface area contributed by atoms with E-state index in [1.807, 2.05) is 15.9 Å². The number of morpholine rings is 1. The third-order valence-corrected chi connectivity index (χ3v) is 6.69. The smallest absolute Gasteiger partial charge is 0.227 e. The average Bonchev–Trinajstić information content (AvgIpc) is 3.27. The summed E-state index contributed by atoms with van der Waals surface area (Å²) in [6.07, 6.45) is 5.33. The fourth-order valence-electron chi connectivity index (χ4n) is 4.17. The van der Waals surface area contributed by atoms with Gasteiger partial charge in [0.05, 0.1) is 18.6 Å². The van der Waals surface area contributed by atoms with Gasteiger partial charge in [-0.15, -0.1) is 11.3 Å². The van der Waals surface area contributed by atoms with Crippen molar-refractivity contribution < 1.29 is 4.74 Å². The van der Waals surface area contributed by atoms with Gasteiger partial charge >= 0.3 is 0 Å². The molecular weight excluding hydrogens is 348 g/mol. The molecule has 2 aliphatic rings. The number of rotatable bonds is 4. The van der Waals surface area contributed by atoms with Crippen molar-refractivity contribution >= 4 is 33.1 Å². The molecule has 1 fully saturated rings. The van der Waals surface area contributed by atoms with Gasteiger partial charge in [0.2, 0.25) is 5.95 Å². The summed E-state index contributed by atoms with van der Waals surface area (Å²) in [7, 11) is 0. The van der Waals surface area contributed by atoms with Gasteiger partial charge in [0.1, 0.15) is 11.2 Å². The van der Waals surface area contributed by atoms with Crippen LogP contribution in [-0.2, 0) is 11.2 Å². The Bertz CT molecular complexity index is 929. The Morgan fingerprint density at radius 3 is 3.12 bits per heavy atom. The number of nitrogens with one attached hydrogen (secondary N) is 1. The first-order chi connectivity index (χ1) is 12.8. The zero-order valence-electron chi connectivity index (χ0n) is 15.1. The summed E-state index contributed by atoms with van der Waals surface area (Å²) < 4.78 is 7.28. The molecule has 8 heteroatoms. The zero-order valence-corrected chi connectivity index (χ0v) is 15.9. The van der Waals surface area contributed by atoms with E-state index in [2.05, 4.69) is 27.2 Å². The van der Waals surface area contributed by atoms with Crippen molar-refractivity contribution in [1.82, 2.24) is 24.5 Å². The minimum Gasteiger partial charge on any atom is -0.379 e. The molecule has 138 valence electrons. The number of fused-ring (bicyclic) bond motifs is 5. The summed E-state index contributed by atoms with van der Waals surface area (Å²) in [4.78, 5) is 14.5. The monoisotopic (exact) mass is 372 g/mol. The predicted molar refractivity (Wildman–Crippen MR) is 103 cm³/mol. The average molecular weight is 372 g/mol. The van der Waals surface area contributed by atoms with E-state index in [0.29, 0.717) is 5.92 Å². The number of aromatic nitrogens is 4. The van der Waals surface area contributed by atoms with Crippen LogP contribution in [0.5, 0.6) is 0 Å². The Morgan fingerprint density at radius 2 is 2.23 bits per heavy atom. The normalized spacial score (nSPS) is 21.3.